The van der Waals surface area contributed by atoms with E-state index in [2.05, 4.69) is 5.32 Å². The quantitative estimate of drug-likeness (QED) is 0.654. The highest BCUT2D eigenvalue weighted by Crippen LogP contribution is 2.32. The number of anilines is 1. The van der Waals surface area contributed by atoms with E-state index < -0.39 is 15.9 Å². The van der Waals surface area contributed by atoms with Crippen LogP contribution in [0.3, 0.4) is 0 Å². The zero-order chi connectivity index (χ0) is 22.4. The zero-order valence-electron chi connectivity index (χ0n) is 18.3. The van der Waals surface area contributed by atoms with E-state index in [1.807, 2.05) is 20.8 Å². The molecule has 3 rings (SSSR count). The van der Waals surface area contributed by atoms with Crippen LogP contribution in [0.25, 0.3) is 0 Å². The molecule has 168 valence electrons. The molecule has 0 bridgehead atoms. The summed E-state index contributed by atoms with van der Waals surface area (Å²) in [4.78, 5) is 13.1. The number of rotatable bonds is 8. The van der Waals surface area contributed by atoms with Crippen molar-refractivity contribution in [2.45, 2.75) is 51.0 Å². The van der Waals surface area contributed by atoms with Crippen LogP contribution in [-0.2, 0) is 10.0 Å². The summed E-state index contributed by atoms with van der Waals surface area (Å²) in [7, 11) is -3.65. The van der Waals surface area contributed by atoms with E-state index in [1.165, 1.54) is 16.4 Å². The Morgan fingerprint density at radius 2 is 1.77 bits per heavy atom. The summed E-state index contributed by atoms with van der Waals surface area (Å²) >= 11 is 0. The molecule has 0 aromatic heterocycles. The lowest BCUT2D eigenvalue weighted by atomic mass is 10.1. The topological polar surface area (TPSA) is 84.9 Å². The Balaban J connectivity index is 1.95. The van der Waals surface area contributed by atoms with Crippen molar-refractivity contribution in [3.8, 4) is 11.5 Å². The number of nitrogens with zero attached hydrogens (tertiary/aromatic N) is 1. The van der Waals surface area contributed by atoms with Crippen LogP contribution in [0.15, 0.2) is 47.4 Å². The smallest absolute Gasteiger partial charge is 0.259 e. The molecule has 0 saturated carbocycles. The van der Waals surface area contributed by atoms with Gasteiger partial charge < -0.3 is 14.8 Å². The molecule has 8 heteroatoms. The molecule has 1 heterocycles. The number of amides is 1. The van der Waals surface area contributed by atoms with Crippen LogP contribution in [0.1, 0.15) is 50.4 Å². The molecule has 7 nitrogen and oxygen atoms in total. The van der Waals surface area contributed by atoms with Gasteiger partial charge in [0.1, 0.15) is 11.5 Å². The molecule has 31 heavy (non-hydrogen) atoms. The second kappa shape index (κ2) is 10.2. The standard InChI is InChI=1S/C23H30N2O5S/c1-4-29-21-11-7-6-10-19(21)23(26)24-20-16-18(12-13-22(20)30-17(2)3)31(27,28)25-14-8-5-9-15-25/h6-7,10-13,16-17H,4-5,8-9,14-15H2,1-3H3,(H,24,26). The first-order valence-electron chi connectivity index (χ1n) is 10.7. The Morgan fingerprint density at radius 3 is 2.45 bits per heavy atom. The van der Waals surface area contributed by atoms with Crippen LogP contribution in [0.2, 0.25) is 0 Å². The number of piperidine rings is 1. The highest BCUT2D eigenvalue weighted by atomic mass is 32.2. The second-order valence-electron chi connectivity index (χ2n) is 7.67. The van der Waals surface area contributed by atoms with E-state index >= 15 is 0 Å². The van der Waals surface area contributed by atoms with Crippen LogP contribution in [0, 0.1) is 0 Å². The van der Waals surface area contributed by atoms with Gasteiger partial charge in [-0.2, -0.15) is 4.31 Å². The van der Waals surface area contributed by atoms with Gasteiger partial charge in [-0.25, -0.2) is 8.42 Å². The summed E-state index contributed by atoms with van der Waals surface area (Å²) in [6, 6.07) is 11.5. The van der Waals surface area contributed by atoms with E-state index in [0.29, 0.717) is 42.4 Å². The maximum Gasteiger partial charge on any atom is 0.259 e. The van der Waals surface area contributed by atoms with Gasteiger partial charge >= 0.3 is 0 Å². The number of carbonyl (C=O) groups is 1. The first-order chi connectivity index (χ1) is 14.8. The van der Waals surface area contributed by atoms with Crippen molar-refractivity contribution in [2.24, 2.45) is 0 Å². The Hall–Kier alpha value is -2.58. The fourth-order valence-electron chi connectivity index (χ4n) is 3.50. The van der Waals surface area contributed by atoms with Gasteiger partial charge in [-0.3, -0.25) is 4.79 Å². The van der Waals surface area contributed by atoms with Gasteiger partial charge in [0, 0.05) is 13.1 Å². The largest absolute Gasteiger partial charge is 0.493 e. The van der Waals surface area contributed by atoms with Crippen LogP contribution < -0.4 is 14.8 Å². The number of nitrogens with one attached hydrogen (secondary N) is 1. The molecule has 1 saturated heterocycles. The third-order valence-electron chi connectivity index (χ3n) is 4.95. The molecule has 0 unspecified atom stereocenters. The minimum Gasteiger partial charge on any atom is -0.493 e. The van der Waals surface area contributed by atoms with Gasteiger partial charge in [0.05, 0.1) is 28.9 Å². The van der Waals surface area contributed by atoms with Crippen LogP contribution in [0.5, 0.6) is 11.5 Å². The van der Waals surface area contributed by atoms with Crippen molar-refractivity contribution >= 4 is 21.6 Å². The number of carbonyl (C=O) groups excluding carboxylic acids is 1. The summed E-state index contributed by atoms with van der Waals surface area (Å²) in [5.41, 5.74) is 0.673. The predicted molar refractivity (Wildman–Crippen MR) is 120 cm³/mol. The van der Waals surface area contributed by atoms with E-state index in [1.54, 1.807) is 30.3 Å². The number of sulfonamides is 1. The Kier molecular flexibility index (Phi) is 7.56. The van der Waals surface area contributed by atoms with Gasteiger partial charge in [-0.15, -0.1) is 0 Å². The first-order valence-corrected chi connectivity index (χ1v) is 12.1. The van der Waals surface area contributed by atoms with E-state index in [9.17, 15) is 13.2 Å². The van der Waals surface area contributed by atoms with Gasteiger partial charge in [-0.1, -0.05) is 18.6 Å². The van der Waals surface area contributed by atoms with Gasteiger partial charge in [-0.05, 0) is 63.9 Å². The molecule has 1 N–H and O–H groups in total. The van der Waals surface area contributed by atoms with Crippen molar-refractivity contribution in [2.75, 3.05) is 25.0 Å². The average Bonchev–Trinajstić information content (AvgIpc) is 2.75. The Bertz CT molecular complexity index is 1010. The predicted octanol–water partition coefficient (Wildman–Crippen LogP) is 4.30. The normalized spacial score (nSPS) is 15.0. The Labute approximate surface area is 184 Å². The molecule has 2 aromatic carbocycles. The molecule has 1 aliphatic rings. The first kappa shape index (κ1) is 23.1. The Morgan fingerprint density at radius 1 is 1.06 bits per heavy atom. The number of para-hydroxylation sites is 1. The number of ether oxygens (including phenoxy) is 2. The number of hydrogen-bond donors (Lipinski definition) is 1. The van der Waals surface area contributed by atoms with Gasteiger partial charge in [0.2, 0.25) is 10.0 Å². The minimum absolute atomic E-state index is 0.138. The molecule has 1 aliphatic heterocycles. The highest BCUT2D eigenvalue weighted by molar-refractivity contribution is 7.89. The molecule has 1 fully saturated rings. The fraction of sp³-hybridized carbons (Fsp3) is 0.435. The maximum absolute atomic E-state index is 13.1. The van der Waals surface area contributed by atoms with Crippen LogP contribution >= 0.6 is 0 Å². The second-order valence-corrected chi connectivity index (χ2v) is 9.61. The fourth-order valence-corrected chi connectivity index (χ4v) is 5.05. The van der Waals surface area contributed by atoms with Gasteiger partial charge in [0.15, 0.2) is 0 Å². The lowest BCUT2D eigenvalue weighted by Gasteiger charge is -2.26. The van der Waals surface area contributed by atoms with Crippen molar-refractivity contribution in [3.05, 3.63) is 48.0 Å². The molecule has 0 radical (unpaired) electrons. The number of hydrogen-bond acceptors (Lipinski definition) is 5. The molecule has 2 aromatic rings. The summed E-state index contributed by atoms with van der Waals surface area (Å²) in [6.07, 6.45) is 2.60. The van der Waals surface area contributed by atoms with E-state index in [-0.39, 0.29) is 11.0 Å². The third kappa shape index (κ3) is 5.57. The lowest BCUT2D eigenvalue weighted by Crippen LogP contribution is -2.35. The molecular formula is C23H30N2O5S. The molecule has 1 amide bonds. The summed E-state index contributed by atoms with van der Waals surface area (Å²) in [5, 5.41) is 2.82. The average molecular weight is 447 g/mol. The van der Waals surface area contributed by atoms with Crippen molar-refractivity contribution in [1.82, 2.24) is 4.31 Å². The molecule has 0 atom stereocenters. The summed E-state index contributed by atoms with van der Waals surface area (Å²) in [5.74, 6) is 0.478. The maximum atomic E-state index is 13.1. The third-order valence-corrected chi connectivity index (χ3v) is 6.84. The van der Waals surface area contributed by atoms with Crippen molar-refractivity contribution < 1.29 is 22.7 Å². The molecule has 0 aliphatic carbocycles. The van der Waals surface area contributed by atoms with E-state index in [4.69, 9.17) is 9.47 Å². The van der Waals surface area contributed by atoms with Crippen molar-refractivity contribution in [3.63, 3.8) is 0 Å². The number of benzene rings is 2. The molecule has 0 spiro atoms. The summed E-state index contributed by atoms with van der Waals surface area (Å²) in [6.45, 7) is 7.03. The lowest BCUT2D eigenvalue weighted by molar-refractivity contribution is 0.102. The van der Waals surface area contributed by atoms with E-state index in [0.717, 1.165) is 19.3 Å². The van der Waals surface area contributed by atoms with Crippen LogP contribution in [-0.4, -0.2) is 44.4 Å². The zero-order valence-corrected chi connectivity index (χ0v) is 19.1. The van der Waals surface area contributed by atoms with Gasteiger partial charge in [0.25, 0.3) is 5.91 Å². The minimum atomic E-state index is -3.65. The van der Waals surface area contributed by atoms with Crippen molar-refractivity contribution in [1.29, 1.82) is 0 Å². The summed E-state index contributed by atoms with van der Waals surface area (Å²) < 4.78 is 39.1. The SMILES string of the molecule is CCOc1ccccc1C(=O)Nc1cc(S(=O)(=O)N2CCCCC2)ccc1OC(C)C. The van der Waals surface area contributed by atoms with Crippen LogP contribution in [0.4, 0.5) is 5.69 Å². The molecular weight excluding hydrogens is 416 g/mol. The highest BCUT2D eigenvalue weighted by Gasteiger charge is 2.27. The monoisotopic (exact) mass is 446 g/mol.